The highest BCUT2D eigenvalue weighted by atomic mass is 35.5. The first-order valence-electron chi connectivity index (χ1n) is 8.43. The molecule has 0 bridgehead atoms. The average Bonchev–Trinajstić information content (AvgIpc) is 3.06. The van der Waals surface area contributed by atoms with Crippen LogP contribution in [0.1, 0.15) is 12.8 Å². The van der Waals surface area contributed by atoms with E-state index in [-0.39, 0.29) is 25.1 Å². The van der Waals surface area contributed by atoms with Crippen molar-refractivity contribution in [1.29, 1.82) is 0 Å². The van der Waals surface area contributed by atoms with Crippen LogP contribution in [0.4, 0.5) is 0 Å². The number of hydrogen-bond donors (Lipinski definition) is 2. The fourth-order valence-electron chi connectivity index (χ4n) is 3.02. The van der Waals surface area contributed by atoms with Gasteiger partial charge >= 0.3 is 0 Å². The molecule has 0 saturated carbocycles. The molecule has 2 aliphatic rings. The van der Waals surface area contributed by atoms with Crippen LogP contribution < -0.4 is 24.8 Å². The van der Waals surface area contributed by atoms with Gasteiger partial charge in [0.2, 0.25) is 12.7 Å². The van der Waals surface area contributed by atoms with Gasteiger partial charge in [-0.05, 0) is 38.6 Å². The molecule has 1 aromatic rings. The van der Waals surface area contributed by atoms with Crippen LogP contribution in [-0.2, 0) is 4.79 Å². The molecule has 0 aromatic heterocycles. The first-order valence-corrected chi connectivity index (χ1v) is 8.43. The number of carbonyl (C=O) groups is 1. The number of halogens is 1. The van der Waals surface area contributed by atoms with Gasteiger partial charge in [0.25, 0.3) is 0 Å². The quantitative estimate of drug-likeness (QED) is 0.697. The minimum absolute atomic E-state index is 0. The highest BCUT2D eigenvalue weighted by molar-refractivity contribution is 5.85. The number of fused-ring (bicyclic) bond motifs is 1. The van der Waals surface area contributed by atoms with Crippen molar-refractivity contribution < 1.29 is 19.0 Å². The van der Waals surface area contributed by atoms with Crippen molar-refractivity contribution in [3.05, 3.63) is 18.2 Å². The zero-order chi connectivity index (χ0) is 16.8. The Bertz CT molecular complexity index is 573. The summed E-state index contributed by atoms with van der Waals surface area (Å²) >= 11 is 0. The van der Waals surface area contributed by atoms with E-state index < -0.39 is 0 Å². The third-order valence-corrected chi connectivity index (χ3v) is 4.32. The number of ether oxygens (including phenoxy) is 3. The number of nitrogens with zero attached hydrogens (tertiary/aromatic N) is 1. The Balaban J connectivity index is 0.00000225. The fourth-order valence-corrected chi connectivity index (χ4v) is 3.02. The van der Waals surface area contributed by atoms with Crippen molar-refractivity contribution in [3.63, 3.8) is 0 Å². The fraction of sp³-hybridized carbons (Fsp3) is 0.588. The first kappa shape index (κ1) is 19.6. The van der Waals surface area contributed by atoms with Gasteiger partial charge in [-0.2, -0.15) is 0 Å². The largest absolute Gasteiger partial charge is 0.492 e. The SMILES string of the molecule is CNC1CCCN(CC(=O)NCCOc2ccc3c(c2)OCO3)C1.Cl. The van der Waals surface area contributed by atoms with Crippen LogP contribution in [0.3, 0.4) is 0 Å². The number of piperidine rings is 1. The van der Waals surface area contributed by atoms with Gasteiger partial charge in [0.15, 0.2) is 11.5 Å². The van der Waals surface area contributed by atoms with Crippen molar-refractivity contribution in [1.82, 2.24) is 15.5 Å². The molecular formula is C17H26ClN3O4. The minimum atomic E-state index is 0. The second-order valence-electron chi connectivity index (χ2n) is 6.08. The molecule has 1 saturated heterocycles. The number of amides is 1. The highest BCUT2D eigenvalue weighted by Gasteiger charge is 2.20. The molecule has 1 amide bonds. The third-order valence-electron chi connectivity index (χ3n) is 4.32. The predicted octanol–water partition coefficient (Wildman–Crippen LogP) is 1.02. The summed E-state index contributed by atoms with van der Waals surface area (Å²) in [5, 5.41) is 6.19. The molecule has 1 atom stereocenters. The van der Waals surface area contributed by atoms with Gasteiger partial charge in [-0.25, -0.2) is 0 Å². The number of benzene rings is 1. The van der Waals surface area contributed by atoms with Crippen LogP contribution in [0.25, 0.3) is 0 Å². The zero-order valence-corrected chi connectivity index (χ0v) is 15.3. The molecule has 1 aromatic carbocycles. The predicted molar refractivity (Wildman–Crippen MR) is 96.8 cm³/mol. The molecule has 140 valence electrons. The Kier molecular flexibility index (Phi) is 7.61. The lowest BCUT2D eigenvalue weighted by atomic mass is 10.1. The molecule has 8 heteroatoms. The molecule has 1 unspecified atom stereocenters. The molecule has 2 N–H and O–H groups in total. The summed E-state index contributed by atoms with van der Waals surface area (Å²) in [6.45, 7) is 3.51. The standard InChI is InChI=1S/C17H25N3O4.ClH/c1-18-13-3-2-7-20(10-13)11-17(21)19-6-8-22-14-4-5-15-16(9-14)24-12-23-15;/h4-5,9,13,18H,2-3,6-8,10-12H2,1H3,(H,19,21);1H. The van der Waals surface area contributed by atoms with Crippen LogP contribution >= 0.6 is 12.4 Å². The maximum absolute atomic E-state index is 12.0. The van der Waals surface area contributed by atoms with E-state index in [9.17, 15) is 4.79 Å². The number of likely N-dealkylation sites (tertiary alicyclic amines) is 1. The number of hydrogen-bond acceptors (Lipinski definition) is 6. The van der Waals surface area contributed by atoms with Crippen LogP contribution in [0.15, 0.2) is 18.2 Å². The van der Waals surface area contributed by atoms with E-state index in [1.54, 1.807) is 6.07 Å². The maximum Gasteiger partial charge on any atom is 0.234 e. The third kappa shape index (κ3) is 5.66. The molecule has 25 heavy (non-hydrogen) atoms. The van der Waals surface area contributed by atoms with Crippen LogP contribution in [-0.4, -0.2) is 63.5 Å². The number of nitrogens with one attached hydrogen (secondary N) is 2. The van der Waals surface area contributed by atoms with E-state index in [1.165, 1.54) is 6.42 Å². The topological polar surface area (TPSA) is 72.1 Å². The average molecular weight is 372 g/mol. The molecule has 7 nitrogen and oxygen atoms in total. The van der Waals surface area contributed by atoms with Gasteiger partial charge < -0.3 is 24.8 Å². The Labute approximate surface area is 154 Å². The van der Waals surface area contributed by atoms with E-state index in [2.05, 4.69) is 15.5 Å². The van der Waals surface area contributed by atoms with Gasteiger partial charge in [0.05, 0.1) is 13.1 Å². The van der Waals surface area contributed by atoms with Crippen molar-refractivity contribution in [2.45, 2.75) is 18.9 Å². The molecule has 0 spiro atoms. The Morgan fingerprint density at radius 1 is 1.36 bits per heavy atom. The highest BCUT2D eigenvalue weighted by Crippen LogP contribution is 2.34. The van der Waals surface area contributed by atoms with Crippen LogP contribution in [0.2, 0.25) is 0 Å². The number of likely N-dealkylation sites (N-methyl/N-ethyl adjacent to an activating group) is 1. The lowest BCUT2D eigenvalue weighted by Gasteiger charge is -2.31. The summed E-state index contributed by atoms with van der Waals surface area (Å²) in [6.07, 6.45) is 2.31. The molecule has 2 heterocycles. The van der Waals surface area contributed by atoms with E-state index in [0.717, 1.165) is 25.3 Å². The van der Waals surface area contributed by atoms with Crippen molar-refractivity contribution >= 4 is 18.3 Å². The summed E-state index contributed by atoms with van der Waals surface area (Å²) in [6, 6.07) is 5.95. The molecule has 2 aliphatic heterocycles. The molecule has 0 aliphatic carbocycles. The first-order chi connectivity index (χ1) is 11.7. The van der Waals surface area contributed by atoms with Crippen molar-refractivity contribution in [2.75, 3.05) is 46.6 Å². The number of carbonyl (C=O) groups excluding carboxylic acids is 1. The molecule has 0 radical (unpaired) electrons. The second-order valence-corrected chi connectivity index (χ2v) is 6.08. The summed E-state index contributed by atoms with van der Waals surface area (Å²) in [4.78, 5) is 14.2. The van der Waals surface area contributed by atoms with E-state index in [4.69, 9.17) is 14.2 Å². The molecule has 1 fully saturated rings. The number of rotatable bonds is 7. The molecule has 3 rings (SSSR count). The van der Waals surface area contributed by atoms with E-state index >= 15 is 0 Å². The van der Waals surface area contributed by atoms with Gasteiger partial charge in [-0.15, -0.1) is 12.4 Å². The van der Waals surface area contributed by atoms with Gasteiger partial charge in [-0.1, -0.05) is 0 Å². The Morgan fingerprint density at radius 3 is 3.04 bits per heavy atom. The van der Waals surface area contributed by atoms with Gasteiger partial charge in [0, 0.05) is 18.7 Å². The maximum atomic E-state index is 12.0. The van der Waals surface area contributed by atoms with Gasteiger partial charge in [0.1, 0.15) is 12.4 Å². The van der Waals surface area contributed by atoms with E-state index in [0.29, 0.717) is 37.2 Å². The zero-order valence-electron chi connectivity index (χ0n) is 14.5. The minimum Gasteiger partial charge on any atom is -0.492 e. The summed E-state index contributed by atoms with van der Waals surface area (Å²) in [7, 11) is 1.97. The summed E-state index contributed by atoms with van der Waals surface area (Å²) in [5.41, 5.74) is 0. The van der Waals surface area contributed by atoms with E-state index in [1.807, 2.05) is 19.2 Å². The normalized spacial score (nSPS) is 19.2. The Morgan fingerprint density at radius 2 is 2.20 bits per heavy atom. The van der Waals surface area contributed by atoms with Crippen LogP contribution in [0, 0.1) is 0 Å². The monoisotopic (exact) mass is 371 g/mol. The molecular weight excluding hydrogens is 346 g/mol. The lowest BCUT2D eigenvalue weighted by molar-refractivity contribution is -0.122. The Hall–Kier alpha value is -1.70. The van der Waals surface area contributed by atoms with Gasteiger partial charge in [-0.3, -0.25) is 9.69 Å². The van der Waals surface area contributed by atoms with Crippen molar-refractivity contribution in [3.8, 4) is 17.2 Å². The van der Waals surface area contributed by atoms with Crippen LogP contribution in [0.5, 0.6) is 17.2 Å². The van der Waals surface area contributed by atoms with Crippen molar-refractivity contribution in [2.24, 2.45) is 0 Å². The summed E-state index contributed by atoms with van der Waals surface area (Å²) < 4.78 is 16.2. The smallest absolute Gasteiger partial charge is 0.234 e. The summed E-state index contributed by atoms with van der Waals surface area (Å²) in [5.74, 6) is 2.18. The lowest BCUT2D eigenvalue weighted by Crippen LogP contribution is -2.48. The second kappa shape index (κ2) is 9.70.